The van der Waals surface area contributed by atoms with Crippen LogP contribution < -0.4 is 0 Å². The molecule has 0 amide bonds. The zero-order valence-electron chi connectivity index (χ0n) is 9.13. The van der Waals surface area contributed by atoms with Crippen LogP contribution in [0.1, 0.15) is 5.56 Å². The molecule has 0 bridgehead atoms. The summed E-state index contributed by atoms with van der Waals surface area (Å²) in [5.74, 6) is 1.21. The topological polar surface area (TPSA) is 3.24 Å². The van der Waals surface area contributed by atoms with Gasteiger partial charge < -0.3 is 0 Å². The zero-order valence-corrected chi connectivity index (χ0v) is 10.6. The Balaban J connectivity index is 1.96. The van der Waals surface area contributed by atoms with Crippen LogP contribution in [-0.2, 0) is 6.54 Å². The third-order valence-corrected chi connectivity index (χ3v) is 3.55. The van der Waals surface area contributed by atoms with Crippen molar-refractivity contribution in [2.24, 2.45) is 0 Å². The summed E-state index contributed by atoms with van der Waals surface area (Å²) >= 11 is 11.8. The third-order valence-electron chi connectivity index (χ3n) is 2.90. The van der Waals surface area contributed by atoms with E-state index < -0.39 is 0 Å². The van der Waals surface area contributed by atoms with Crippen molar-refractivity contribution in [1.29, 1.82) is 0 Å². The first-order valence-corrected chi connectivity index (χ1v) is 6.48. The summed E-state index contributed by atoms with van der Waals surface area (Å²) in [6, 6.07) is 10.5. The van der Waals surface area contributed by atoms with Gasteiger partial charge in [-0.1, -0.05) is 30.3 Å². The van der Waals surface area contributed by atoms with Gasteiger partial charge >= 0.3 is 0 Å². The van der Waals surface area contributed by atoms with Gasteiger partial charge in [-0.2, -0.15) is 0 Å². The second-order valence-electron chi connectivity index (χ2n) is 4.11. The lowest BCUT2D eigenvalue weighted by molar-refractivity contribution is 0.337. The smallest absolute Gasteiger partial charge is 0.0449 e. The first-order chi connectivity index (χ1) is 7.83. The molecule has 0 atom stereocenters. The van der Waals surface area contributed by atoms with E-state index in [4.69, 9.17) is 23.2 Å². The highest BCUT2D eigenvalue weighted by Gasteiger charge is 2.20. The van der Waals surface area contributed by atoms with Gasteiger partial charge in [0.1, 0.15) is 0 Å². The summed E-state index contributed by atoms with van der Waals surface area (Å²) in [6.07, 6.45) is 0. The van der Waals surface area contributed by atoms with Gasteiger partial charge in [0.25, 0.3) is 0 Å². The Morgan fingerprint density at radius 3 is 2.00 bits per heavy atom. The van der Waals surface area contributed by atoms with E-state index in [2.05, 4.69) is 29.2 Å². The number of halogens is 2. The molecule has 1 aliphatic rings. The van der Waals surface area contributed by atoms with Gasteiger partial charge in [-0.3, -0.25) is 4.90 Å². The van der Waals surface area contributed by atoms with Crippen LogP contribution in [0.2, 0.25) is 0 Å². The Kier molecular flexibility index (Phi) is 4.28. The highest BCUT2D eigenvalue weighted by atomic mass is 35.5. The molecule has 16 heavy (non-hydrogen) atoms. The predicted molar refractivity (Wildman–Crippen MR) is 70.2 cm³/mol. The van der Waals surface area contributed by atoms with Crippen LogP contribution in [0.25, 0.3) is 0 Å². The summed E-state index contributed by atoms with van der Waals surface area (Å²) in [5, 5.41) is 0. The fraction of sp³-hybridized carbons (Fsp3) is 0.385. The van der Waals surface area contributed by atoms with E-state index in [1.807, 2.05) is 6.07 Å². The summed E-state index contributed by atoms with van der Waals surface area (Å²) in [7, 11) is 0. The first kappa shape index (κ1) is 12.0. The Morgan fingerprint density at radius 1 is 0.938 bits per heavy atom. The molecular weight excluding hydrogens is 241 g/mol. The largest absolute Gasteiger partial charge is 0.291 e. The number of hydrogen-bond acceptors (Lipinski definition) is 1. The van der Waals surface area contributed by atoms with Crippen LogP contribution in [0.3, 0.4) is 0 Å². The van der Waals surface area contributed by atoms with Gasteiger partial charge in [-0.25, -0.2) is 0 Å². The van der Waals surface area contributed by atoms with Crippen molar-refractivity contribution in [2.45, 2.75) is 6.54 Å². The van der Waals surface area contributed by atoms with E-state index in [1.165, 1.54) is 16.7 Å². The average molecular weight is 256 g/mol. The maximum Gasteiger partial charge on any atom is 0.0449 e. The Morgan fingerprint density at radius 2 is 1.50 bits per heavy atom. The maximum atomic E-state index is 5.91. The van der Waals surface area contributed by atoms with Crippen molar-refractivity contribution in [2.75, 3.05) is 24.8 Å². The maximum absolute atomic E-state index is 5.91. The van der Waals surface area contributed by atoms with Gasteiger partial charge in [-0.05, 0) is 16.7 Å². The van der Waals surface area contributed by atoms with E-state index in [-0.39, 0.29) is 0 Å². The van der Waals surface area contributed by atoms with E-state index in [9.17, 15) is 0 Å². The van der Waals surface area contributed by atoms with Crippen LogP contribution >= 0.6 is 23.2 Å². The van der Waals surface area contributed by atoms with Crippen molar-refractivity contribution in [1.82, 2.24) is 4.90 Å². The molecule has 0 aliphatic carbocycles. The monoisotopic (exact) mass is 255 g/mol. The molecule has 2 rings (SSSR count). The molecule has 0 saturated carbocycles. The van der Waals surface area contributed by atoms with E-state index >= 15 is 0 Å². The highest BCUT2D eigenvalue weighted by Crippen LogP contribution is 2.21. The summed E-state index contributed by atoms with van der Waals surface area (Å²) < 4.78 is 0. The molecule has 1 nitrogen and oxygen atoms in total. The fourth-order valence-electron chi connectivity index (χ4n) is 2.05. The van der Waals surface area contributed by atoms with Gasteiger partial charge in [0.2, 0.25) is 0 Å². The standard InChI is InChI=1S/C13H15Cl2N/c14-6-12-9-16(10-13(12)7-15)8-11-4-2-1-3-5-11/h1-5H,6-10H2. The average Bonchev–Trinajstić information content (AvgIpc) is 2.72. The van der Waals surface area contributed by atoms with Gasteiger partial charge in [0, 0.05) is 31.4 Å². The Hall–Kier alpha value is -0.500. The number of nitrogens with zero attached hydrogens (tertiary/aromatic N) is 1. The molecule has 0 spiro atoms. The lowest BCUT2D eigenvalue weighted by atomic mass is 10.2. The predicted octanol–water partition coefficient (Wildman–Crippen LogP) is 3.28. The van der Waals surface area contributed by atoms with E-state index in [0.717, 1.165) is 19.6 Å². The molecule has 0 N–H and O–H groups in total. The molecule has 0 fully saturated rings. The molecular formula is C13H15Cl2N. The third kappa shape index (κ3) is 2.79. The van der Waals surface area contributed by atoms with Crippen molar-refractivity contribution in [3.8, 4) is 0 Å². The molecule has 86 valence electrons. The van der Waals surface area contributed by atoms with Crippen LogP contribution in [0, 0.1) is 0 Å². The molecule has 1 heterocycles. The van der Waals surface area contributed by atoms with Crippen LogP contribution in [0.5, 0.6) is 0 Å². The fourth-order valence-corrected chi connectivity index (χ4v) is 2.59. The van der Waals surface area contributed by atoms with Gasteiger partial charge in [0.15, 0.2) is 0 Å². The number of benzene rings is 1. The number of hydrogen-bond donors (Lipinski definition) is 0. The second-order valence-corrected chi connectivity index (χ2v) is 4.64. The quantitative estimate of drug-likeness (QED) is 0.590. The molecule has 1 aliphatic heterocycles. The lowest BCUT2D eigenvalue weighted by Crippen LogP contribution is -2.21. The molecule has 1 aromatic carbocycles. The second kappa shape index (κ2) is 5.72. The number of rotatable bonds is 4. The van der Waals surface area contributed by atoms with Gasteiger partial charge in [0.05, 0.1) is 0 Å². The molecule has 0 radical (unpaired) electrons. The van der Waals surface area contributed by atoms with Crippen molar-refractivity contribution in [3.63, 3.8) is 0 Å². The lowest BCUT2D eigenvalue weighted by Gasteiger charge is -2.15. The SMILES string of the molecule is ClCC1=C(CCl)CN(Cc2ccccc2)C1. The van der Waals surface area contributed by atoms with Gasteiger partial charge in [-0.15, -0.1) is 23.2 Å². The summed E-state index contributed by atoms with van der Waals surface area (Å²) in [4.78, 5) is 2.38. The normalized spacial score (nSPS) is 17.1. The van der Waals surface area contributed by atoms with Crippen molar-refractivity contribution in [3.05, 3.63) is 47.0 Å². The summed E-state index contributed by atoms with van der Waals surface area (Å²) in [5.41, 5.74) is 3.94. The highest BCUT2D eigenvalue weighted by molar-refractivity contribution is 6.21. The van der Waals surface area contributed by atoms with Crippen LogP contribution in [0.4, 0.5) is 0 Å². The Labute approximate surface area is 107 Å². The van der Waals surface area contributed by atoms with Crippen LogP contribution in [-0.4, -0.2) is 29.7 Å². The van der Waals surface area contributed by atoms with E-state index in [0.29, 0.717) is 11.8 Å². The molecule has 0 unspecified atom stereocenters. The minimum absolute atomic E-state index is 0.605. The minimum Gasteiger partial charge on any atom is -0.291 e. The molecule has 0 aromatic heterocycles. The molecule has 1 aromatic rings. The van der Waals surface area contributed by atoms with Crippen molar-refractivity contribution < 1.29 is 0 Å². The molecule has 3 heteroatoms. The number of alkyl halides is 2. The zero-order chi connectivity index (χ0) is 11.4. The van der Waals surface area contributed by atoms with Crippen molar-refractivity contribution >= 4 is 23.2 Å². The Bertz CT molecular complexity index is 357. The molecule has 0 saturated heterocycles. The van der Waals surface area contributed by atoms with E-state index in [1.54, 1.807) is 0 Å². The first-order valence-electron chi connectivity index (χ1n) is 5.41. The van der Waals surface area contributed by atoms with Crippen LogP contribution in [0.15, 0.2) is 41.5 Å². The summed E-state index contributed by atoms with van der Waals surface area (Å²) in [6.45, 7) is 2.89. The minimum atomic E-state index is 0.605.